The molecule has 59 heavy (non-hydrogen) atoms. The number of rotatable bonds is 12. The molecule has 300 valence electrons. The highest BCUT2D eigenvalue weighted by atomic mass is 16.5. The first kappa shape index (κ1) is 39.1. The highest BCUT2D eigenvalue weighted by Gasteiger charge is 2.24. The Kier molecular flexibility index (Phi) is 12.4. The molecule has 2 fully saturated rings. The lowest BCUT2D eigenvalue weighted by molar-refractivity contribution is 0.134. The van der Waals surface area contributed by atoms with Crippen LogP contribution in [0.2, 0.25) is 0 Å². The van der Waals surface area contributed by atoms with Crippen molar-refractivity contribution in [1.29, 1.82) is 5.26 Å². The van der Waals surface area contributed by atoms with Gasteiger partial charge in [-0.25, -0.2) is 9.59 Å². The Labute approximate surface area is 344 Å². The van der Waals surface area contributed by atoms with Crippen LogP contribution in [0.3, 0.4) is 0 Å². The largest absolute Gasteiger partial charge is 0.489 e. The molecule has 2 amide bonds. The van der Waals surface area contributed by atoms with E-state index >= 15 is 0 Å². The number of aromatic nitrogens is 4. The van der Waals surface area contributed by atoms with Crippen molar-refractivity contribution in [2.45, 2.75) is 32.7 Å². The predicted molar refractivity (Wildman–Crippen MR) is 222 cm³/mol. The minimum absolute atomic E-state index is 0.0962. The number of amides is 2. The third kappa shape index (κ3) is 10.4. The summed E-state index contributed by atoms with van der Waals surface area (Å²) in [6, 6.07) is 36.6. The first-order valence-corrected chi connectivity index (χ1v) is 20.0. The Morgan fingerprint density at radius 3 is 1.61 bits per heavy atom. The lowest BCUT2D eigenvalue weighted by Gasteiger charge is -2.34. The van der Waals surface area contributed by atoms with Gasteiger partial charge in [0.05, 0.1) is 24.2 Å². The third-order valence-electron chi connectivity index (χ3n) is 10.7. The molecule has 4 heterocycles. The quantitative estimate of drug-likeness (QED) is 0.141. The summed E-state index contributed by atoms with van der Waals surface area (Å²) in [5.41, 5.74) is 7.07. The summed E-state index contributed by atoms with van der Waals surface area (Å²) in [7, 11) is 0. The number of nitriles is 1. The van der Waals surface area contributed by atoms with Gasteiger partial charge in [0.2, 0.25) is 0 Å². The smallest absolute Gasteiger partial charge is 0.344 e. The van der Waals surface area contributed by atoms with Gasteiger partial charge < -0.3 is 19.3 Å². The number of ether oxygens (including phenoxy) is 2. The molecule has 2 aliphatic rings. The van der Waals surface area contributed by atoms with Crippen LogP contribution < -0.4 is 9.47 Å². The van der Waals surface area contributed by atoms with E-state index in [1.807, 2.05) is 65.7 Å². The van der Waals surface area contributed by atoms with Gasteiger partial charge in [-0.3, -0.25) is 9.80 Å². The van der Waals surface area contributed by atoms with E-state index in [9.17, 15) is 9.59 Å². The molecule has 0 bridgehead atoms. The fourth-order valence-electron chi connectivity index (χ4n) is 7.40. The van der Waals surface area contributed by atoms with E-state index in [4.69, 9.17) is 14.7 Å². The van der Waals surface area contributed by atoms with Crippen LogP contribution in [0.4, 0.5) is 9.59 Å². The second-order valence-electron chi connectivity index (χ2n) is 15.0. The lowest BCUT2D eigenvalue weighted by Crippen LogP contribution is -2.49. The van der Waals surface area contributed by atoms with Crippen molar-refractivity contribution in [3.63, 3.8) is 0 Å². The molecule has 2 aromatic heterocycles. The van der Waals surface area contributed by atoms with Crippen molar-refractivity contribution in [1.82, 2.24) is 39.2 Å². The molecule has 0 unspecified atom stereocenters. The molecular weight excluding hydrogens is 743 g/mol. The van der Waals surface area contributed by atoms with Crippen LogP contribution in [0.1, 0.15) is 38.9 Å². The van der Waals surface area contributed by atoms with E-state index < -0.39 is 0 Å². The number of carbonyl (C=O) groups excluding carboxylic acids is 2. The van der Waals surface area contributed by atoms with Crippen LogP contribution in [-0.4, -0.2) is 104 Å². The summed E-state index contributed by atoms with van der Waals surface area (Å²) in [4.78, 5) is 34.4. The number of hydrogen-bond donors (Lipinski definition) is 0. The van der Waals surface area contributed by atoms with E-state index in [1.165, 1.54) is 32.9 Å². The molecule has 0 atom stereocenters. The van der Waals surface area contributed by atoms with Crippen LogP contribution in [-0.2, 0) is 32.7 Å². The zero-order valence-corrected chi connectivity index (χ0v) is 33.0. The van der Waals surface area contributed by atoms with Gasteiger partial charge in [0.1, 0.15) is 30.8 Å². The summed E-state index contributed by atoms with van der Waals surface area (Å²) in [5, 5.41) is 17.5. The number of hydrogen-bond acceptors (Lipinski definition) is 9. The van der Waals surface area contributed by atoms with Gasteiger partial charge in [-0.15, -0.1) is 0 Å². The van der Waals surface area contributed by atoms with Gasteiger partial charge in [0.25, 0.3) is 0 Å². The summed E-state index contributed by atoms with van der Waals surface area (Å²) in [6.45, 7) is 8.22. The van der Waals surface area contributed by atoms with E-state index in [1.54, 1.807) is 11.1 Å². The minimum Gasteiger partial charge on any atom is -0.489 e. The molecule has 13 nitrogen and oxygen atoms in total. The van der Waals surface area contributed by atoms with E-state index in [2.05, 4.69) is 74.6 Å². The Hall–Kier alpha value is -6.75. The van der Waals surface area contributed by atoms with E-state index in [0.717, 1.165) is 73.0 Å². The lowest BCUT2D eigenvalue weighted by atomic mass is 10.1. The zero-order valence-electron chi connectivity index (χ0n) is 33.0. The van der Waals surface area contributed by atoms with Gasteiger partial charge in [-0.05, 0) is 57.6 Å². The molecule has 6 aromatic rings. The number of piperazine rings is 2. The SMILES string of the molecule is N#Cc1cnn(C(=O)N2CCN(Cc3ccc(OCc4cccc(Cc5cnn(C(=O)N6CCN(Cc7ccc(OCc8ccccc8)cc7)CC6)c5)c4)cc3)CC2)c1. The van der Waals surface area contributed by atoms with Crippen LogP contribution in [0, 0.1) is 11.3 Å². The molecule has 0 saturated carbocycles. The van der Waals surface area contributed by atoms with Crippen molar-refractivity contribution in [3.05, 3.63) is 167 Å². The standard InChI is InChI=1S/C46H47N9O4/c47-27-42-29-49-55(33-42)46(57)53-23-19-51(20-24-53)31-37-11-15-44(16-12-37)59-35-40-8-4-7-39(25-40)26-41-28-48-54(32-41)45(56)52-21-17-50(18-22-52)30-36-9-13-43(14-10-36)58-34-38-5-2-1-3-6-38/h1-16,25,28-29,32-33H,17-24,26,30-31,34-35H2. The maximum Gasteiger partial charge on any atom is 0.344 e. The van der Waals surface area contributed by atoms with E-state index in [-0.39, 0.29) is 12.1 Å². The predicted octanol–water partition coefficient (Wildman–Crippen LogP) is 6.27. The first-order chi connectivity index (χ1) is 28.9. The fraction of sp³-hybridized carbons (Fsp3) is 0.283. The molecule has 8 rings (SSSR count). The van der Waals surface area contributed by atoms with Gasteiger partial charge >= 0.3 is 12.1 Å². The molecule has 0 N–H and O–H groups in total. The first-order valence-electron chi connectivity index (χ1n) is 20.0. The van der Waals surface area contributed by atoms with Crippen LogP contribution in [0.15, 0.2) is 128 Å². The maximum atomic E-state index is 13.4. The molecule has 0 aliphatic carbocycles. The summed E-state index contributed by atoms with van der Waals surface area (Å²) in [6.07, 6.45) is 7.14. The molecule has 0 radical (unpaired) electrons. The van der Waals surface area contributed by atoms with Gasteiger partial charge in [-0.1, -0.05) is 78.9 Å². The maximum absolute atomic E-state index is 13.4. The second kappa shape index (κ2) is 18.7. The summed E-state index contributed by atoms with van der Waals surface area (Å²) in [5.74, 6) is 1.65. The average Bonchev–Trinajstić information content (AvgIpc) is 3.97. The van der Waals surface area contributed by atoms with Crippen molar-refractivity contribution < 1.29 is 19.1 Å². The molecular formula is C46H47N9O4. The molecule has 13 heteroatoms. The van der Waals surface area contributed by atoms with Crippen molar-refractivity contribution in [2.75, 3.05) is 52.4 Å². The minimum atomic E-state index is -0.206. The van der Waals surface area contributed by atoms with Crippen LogP contribution in [0.25, 0.3) is 0 Å². The van der Waals surface area contributed by atoms with Crippen molar-refractivity contribution in [3.8, 4) is 17.6 Å². The Morgan fingerprint density at radius 1 is 0.542 bits per heavy atom. The van der Waals surface area contributed by atoms with Crippen molar-refractivity contribution in [2.24, 2.45) is 0 Å². The third-order valence-corrected chi connectivity index (χ3v) is 10.7. The second-order valence-corrected chi connectivity index (χ2v) is 15.0. The Balaban J connectivity index is 0.746. The summed E-state index contributed by atoms with van der Waals surface area (Å²) < 4.78 is 14.8. The topological polar surface area (TPSA) is 125 Å². The monoisotopic (exact) mass is 789 g/mol. The van der Waals surface area contributed by atoms with Gasteiger partial charge in [0.15, 0.2) is 0 Å². The highest BCUT2D eigenvalue weighted by molar-refractivity contribution is 5.76. The molecule has 4 aromatic carbocycles. The number of nitrogens with zero attached hydrogens (tertiary/aromatic N) is 9. The van der Waals surface area contributed by atoms with Crippen LogP contribution in [0.5, 0.6) is 11.5 Å². The summed E-state index contributed by atoms with van der Waals surface area (Å²) >= 11 is 0. The van der Waals surface area contributed by atoms with Crippen LogP contribution >= 0.6 is 0 Å². The number of benzene rings is 4. The van der Waals surface area contributed by atoms with E-state index in [0.29, 0.717) is 51.4 Å². The Bertz CT molecular complexity index is 2350. The molecule has 0 spiro atoms. The van der Waals surface area contributed by atoms with Gasteiger partial charge in [0, 0.05) is 78.1 Å². The molecule has 2 saturated heterocycles. The fourth-order valence-corrected chi connectivity index (χ4v) is 7.40. The molecule has 2 aliphatic heterocycles. The Morgan fingerprint density at radius 2 is 1.05 bits per heavy atom. The zero-order chi connectivity index (χ0) is 40.4. The average molecular weight is 790 g/mol. The van der Waals surface area contributed by atoms with Crippen molar-refractivity contribution >= 4 is 12.1 Å². The van der Waals surface area contributed by atoms with Gasteiger partial charge in [-0.2, -0.15) is 24.8 Å². The highest BCUT2D eigenvalue weighted by Crippen LogP contribution is 2.20. The normalized spacial score (nSPS) is 14.8. The number of carbonyl (C=O) groups is 2.